The van der Waals surface area contributed by atoms with Crippen LogP contribution in [0.15, 0.2) is 36.4 Å². The van der Waals surface area contributed by atoms with Crippen molar-refractivity contribution in [2.24, 2.45) is 0 Å². The van der Waals surface area contributed by atoms with E-state index < -0.39 is 0 Å². The van der Waals surface area contributed by atoms with E-state index >= 15 is 0 Å². The third-order valence-corrected chi connectivity index (χ3v) is 5.99. The van der Waals surface area contributed by atoms with E-state index in [4.69, 9.17) is 17.2 Å². The van der Waals surface area contributed by atoms with E-state index in [9.17, 15) is 0 Å². The minimum absolute atomic E-state index is 0.164. The highest BCUT2D eigenvalue weighted by atomic mass is 32.2. The molecule has 3 rings (SSSR count). The number of fused-ring (bicyclic) bond motifs is 1. The average Bonchev–Trinajstić information content (AvgIpc) is 2.89. The Morgan fingerprint density at radius 3 is 2.83 bits per heavy atom. The summed E-state index contributed by atoms with van der Waals surface area (Å²) in [4.78, 5) is 4.79. The van der Waals surface area contributed by atoms with Gasteiger partial charge in [-0.05, 0) is 30.7 Å². The number of nitrogens with zero attached hydrogens (tertiary/aromatic N) is 1. The number of thiol groups is 1. The summed E-state index contributed by atoms with van der Waals surface area (Å²) in [6, 6.07) is 12.4. The van der Waals surface area contributed by atoms with Crippen LogP contribution in [0.1, 0.15) is 18.5 Å². The molecule has 0 spiro atoms. The maximum absolute atomic E-state index is 5.38. The third-order valence-electron chi connectivity index (χ3n) is 3.38. The number of rotatable bonds is 2. The molecule has 2 heterocycles. The van der Waals surface area contributed by atoms with Crippen molar-refractivity contribution in [1.29, 1.82) is 0 Å². The molecule has 1 saturated heterocycles. The van der Waals surface area contributed by atoms with Crippen molar-refractivity contribution in [1.82, 2.24) is 4.98 Å². The number of aromatic nitrogens is 1. The highest BCUT2D eigenvalue weighted by Crippen LogP contribution is 2.48. The fourth-order valence-electron chi connectivity index (χ4n) is 2.41. The zero-order valence-electron chi connectivity index (χ0n) is 9.80. The van der Waals surface area contributed by atoms with Gasteiger partial charge in [-0.2, -0.15) is 0 Å². The Kier molecular flexibility index (Phi) is 3.34. The lowest BCUT2D eigenvalue weighted by atomic mass is 9.99. The molecule has 0 N–H and O–H groups in total. The smallest absolute Gasteiger partial charge is 0.0986 e. The van der Waals surface area contributed by atoms with Crippen molar-refractivity contribution in [2.75, 3.05) is 5.75 Å². The normalized spacial score (nSPS) is 23.4. The molecule has 1 unspecified atom stereocenters. The first kappa shape index (κ1) is 12.5. The lowest BCUT2D eigenvalue weighted by Gasteiger charge is -2.26. The number of benzene rings is 1. The van der Waals surface area contributed by atoms with Gasteiger partial charge < -0.3 is 0 Å². The van der Waals surface area contributed by atoms with Crippen LogP contribution >= 0.6 is 36.6 Å². The van der Waals surface area contributed by atoms with E-state index in [1.165, 1.54) is 11.8 Å². The summed E-state index contributed by atoms with van der Waals surface area (Å²) in [6.45, 7) is 0. The molecule has 0 radical (unpaired) electrons. The lowest BCUT2D eigenvalue weighted by Crippen LogP contribution is -2.26. The largest absolute Gasteiger partial charge is 0.251 e. The van der Waals surface area contributed by atoms with Crippen molar-refractivity contribution >= 4 is 51.7 Å². The summed E-state index contributed by atoms with van der Waals surface area (Å²) in [5.41, 5.74) is 2.09. The van der Waals surface area contributed by atoms with E-state index in [0.29, 0.717) is 0 Å². The van der Waals surface area contributed by atoms with Crippen LogP contribution in [-0.2, 0) is 4.75 Å². The third kappa shape index (κ3) is 1.96. The summed E-state index contributed by atoms with van der Waals surface area (Å²) in [7, 11) is 0. The number of para-hydroxylation sites is 1. The van der Waals surface area contributed by atoms with Crippen LogP contribution in [0.2, 0.25) is 0 Å². The van der Waals surface area contributed by atoms with Gasteiger partial charge in [-0.3, -0.25) is 4.98 Å². The highest BCUT2D eigenvalue weighted by Gasteiger charge is 2.40. The van der Waals surface area contributed by atoms with Gasteiger partial charge in [-0.25, -0.2) is 0 Å². The van der Waals surface area contributed by atoms with E-state index in [-0.39, 0.29) is 4.75 Å². The van der Waals surface area contributed by atoms with Gasteiger partial charge in [0.2, 0.25) is 0 Å². The van der Waals surface area contributed by atoms with E-state index in [1.54, 1.807) is 0 Å². The number of hydrogen-bond acceptors (Lipinski definition) is 3. The number of thioether (sulfide) groups is 1. The topological polar surface area (TPSA) is 12.9 Å². The van der Waals surface area contributed by atoms with Crippen molar-refractivity contribution < 1.29 is 0 Å². The summed E-state index contributed by atoms with van der Waals surface area (Å²) in [6.07, 6.45) is 2.23. The molecule has 1 aromatic heterocycles. The number of hydrogen-bond donors (Lipinski definition) is 1. The molecule has 0 saturated carbocycles. The van der Waals surface area contributed by atoms with Gasteiger partial charge in [0, 0.05) is 5.39 Å². The maximum Gasteiger partial charge on any atom is 0.0986 e. The van der Waals surface area contributed by atoms with Gasteiger partial charge in [-0.1, -0.05) is 36.5 Å². The average molecular weight is 291 g/mol. The van der Waals surface area contributed by atoms with E-state index in [2.05, 4.69) is 30.8 Å². The van der Waals surface area contributed by atoms with Crippen LogP contribution in [0.4, 0.5) is 0 Å². The zero-order chi connectivity index (χ0) is 12.6. The fourth-order valence-corrected chi connectivity index (χ4v) is 4.53. The SMILES string of the molecule is S=C(S)C1(c2ccc3ccccc3n2)CCCS1. The molecule has 1 atom stereocenters. The summed E-state index contributed by atoms with van der Waals surface area (Å²) in [5, 5.41) is 1.17. The molecule has 92 valence electrons. The molecule has 0 aliphatic carbocycles. The van der Waals surface area contributed by atoms with Gasteiger partial charge in [-0.15, -0.1) is 24.4 Å². The van der Waals surface area contributed by atoms with E-state index in [0.717, 1.165) is 27.6 Å². The van der Waals surface area contributed by atoms with Crippen LogP contribution < -0.4 is 0 Å². The zero-order valence-corrected chi connectivity index (χ0v) is 12.3. The first-order chi connectivity index (χ1) is 8.72. The Hall–Kier alpha value is -0.580. The lowest BCUT2D eigenvalue weighted by molar-refractivity contribution is 0.737. The molecule has 1 aliphatic rings. The van der Waals surface area contributed by atoms with Crippen LogP contribution in [0.3, 0.4) is 0 Å². The molecular formula is C14H13NS3. The number of thiocarbonyl (C=S) groups is 1. The molecule has 18 heavy (non-hydrogen) atoms. The maximum atomic E-state index is 5.38. The van der Waals surface area contributed by atoms with Gasteiger partial charge in [0.25, 0.3) is 0 Å². The Morgan fingerprint density at radius 1 is 1.28 bits per heavy atom. The molecule has 1 aromatic carbocycles. The predicted molar refractivity (Wildman–Crippen MR) is 86.7 cm³/mol. The quantitative estimate of drug-likeness (QED) is 0.658. The van der Waals surface area contributed by atoms with Crippen LogP contribution in [0.5, 0.6) is 0 Å². The van der Waals surface area contributed by atoms with Crippen molar-refractivity contribution in [2.45, 2.75) is 17.6 Å². The highest BCUT2D eigenvalue weighted by molar-refractivity contribution is 8.15. The van der Waals surface area contributed by atoms with Gasteiger partial charge in [0.05, 0.1) is 20.2 Å². The minimum atomic E-state index is -0.164. The second kappa shape index (κ2) is 4.83. The summed E-state index contributed by atoms with van der Waals surface area (Å²) in [5.74, 6) is 1.13. The van der Waals surface area contributed by atoms with Gasteiger partial charge in [0.1, 0.15) is 0 Å². The molecule has 2 aromatic rings. The predicted octanol–water partition coefficient (Wildman–Crippen LogP) is 4.21. The monoisotopic (exact) mass is 291 g/mol. The molecule has 1 nitrogen and oxygen atoms in total. The van der Waals surface area contributed by atoms with Crippen LogP contribution in [0.25, 0.3) is 10.9 Å². The molecular weight excluding hydrogens is 278 g/mol. The Bertz CT molecular complexity index is 603. The Balaban J connectivity index is 2.15. The first-order valence-electron chi connectivity index (χ1n) is 5.96. The van der Waals surface area contributed by atoms with Gasteiger partial charge >= 0.3 is 0 Å². The van der Waals surface area contributed by atoms with Crippen molar-refractivity contribution in [3.05, 3.63) is 42.1 Å². The van der Waals surface area contributed by atoms with Crippen molar-refractivity contribution in [3.8, 4) is 0 Å². The second-order valence-electron chi connectivity index (χ2n) is 4.47. The van der Waals surface area contributed by atoms with Crippen LogP contribution in [-0.4, -0.2) is 14.9 Å². The summed E-state index contributed by atoms with van der Waals surface area (Å²) >= 11 is 11.7. The summed E-state index contributed by atoms with van der Waals surface area (Å²) < 4.78 is 0.593. The Morgan fingerprint density at radius 2 is 2.11 bits per heavy atom. The molecule has 1 fully saturated rings. The molecule has 1 aliphatic heterocycles. The minimum Gasteiger partial charge on any atom is -0.251 e. The first-order valence-corrected chi connectivity index (χ1v) is 7.80. The Labute approximate surface area is 122 Å². The van der Waals surface area contributed by atoms with E-state index in [1.807, 2.05) is 30.0 Å². The molecule has 0 bridgehead atoms. The molecule has 0 amide bonds. The van der Waals surface area contributed by atoms with Gasteiger partial charge in [0.15, 0.2) is 0 Å². The fraction of sp³-hybridized carbons (Fsp3) is 0.286. The second-order valence-corrected chi connectivity index (χ2v) is 7.03. The standard InChI is InChI=1S/C14H13NS3/c16-13(17)14(8-3-9-18-14)12-7-6-10-4-1-2-5-11(10)15-12/h1-2,4-7H,3,8-9H2,(H,16,17). The number of pyridine rings is 1. The van der Waals surface area contributed by atoms with Crippen molar-refractivity contribution in [3.63, 3.8) is 0 Å². The molecule has 4 heteroatoms. The van der Waals surface area contributed by atoms with Crippen LogP contribution in [0, 0.1) is 0 Å².